The molecule has 38 heavy (non-hydrogen) atoms. The van der Waals surface area contributed by atoms with Crippen LogP contribution in [-0.4, -0.2) is 18.2 Å². The minimum atomic E-state index is -0.730. The molecule has 2 aliphatic rings. The first-order chi connectivity index (χ1) is 18.3. The highest BCUT2D eigenvalue weighted by Gasteiger charge is 2.37. The molecule has 1 N–H and O–H groups in total. The van der Waals surface area contributed by atoms with E-state index >= 15 is 0 Å². The van der Waals surface area contributed by atoms with Gasteiger partial charge in [-0.1, -0.05) is 69.2 Å². The summed E-state index contributed by atoms with van der Waals surface area (Å²) in [4.78, 5) is 11.5. The monoisotopic (exact) mass is 512 g/mol. The Hall–Kier alpha value is -3.27. The van der Waals surface area contributed by atoms with Gasteiger partial charge in [0.2, 0.25) is 0 Å². The Bertz CT molecular complexity index is 1270. The third-order valence-electron chi connectivity index (χ3n) is 8.93. The average molecular weight is 513 g/mol. The van der Waals surface area contributed by atoms with Gasteiger partial charge in [-0.2, -0.15) is 0 Å². The van der Waals surface area contributed by atoms with E-state index in [4.69, 9.17) is 9.47 Å². The van der Waals surface area contributed by atoms with Crippen molar-refractivity contribution in [2.75, 3.05) is 7.11 Å². The molecule has 0 heterocycles. The molecule has 2 atom stereocenters. The predicted molar refractivity (Wildman–Crippen MR) is 152 cm³/mol. The van der Waals surface area contributed by atoms with Gasteiger partial charge >= 0.3 is 5.97 Å². The van der Waals surface area contributed by atoms with Crippen LogP contribution in [0.2, 0.25) is 0 Å². The van der Waals surface area contributed by atoms with Crippen molar-refractivity contribution in [3.8, 4) is 22.6 Å². The molecule has 3 aromatic carbocycles. The average Bonchev–Trinajstić information content (AvgIpc) is 3.24. The van der Waals surface area contributed by atoms with Crippen molar-refractivity contribution in [1.82, 2.24) is 0 Å². The number of carbonyl (C=O) groups is 1. The van der Waals surface area contributed by atoms with E-state index in [0.29, 0.717) is 18.4 Å². The molecule has 4 heteroatoms. The van der Waals surface area contributed by atoms with Crippen LogP contribution in [0.3, 0.4) is 0 Å². The van der Waals surface area contributed by atoms with E-state index in [2.05, 4.69) is 62.4 Å². The van der Waals surface area contributed by atoms with Crippen LogP contribution in [0.5, 0.6) is 11.5 Å². The van der Waals surface area contributed by atoms with E-state index in [1.54, 1.807) is 7.11 Å². The van der Waals surface area contributed by atoms with E-state index < -0.39 is 5.97 Å². The fourth-order valence-corrected chi connectivity index (χ4v) is 6.54. The highest BCUT2D eigenvalue weighted by molar-refractivity contribution is 5.70. The maximum Gasteiger partial charge on any atom is 0.303 e. The van der Waals surface area contributed by atoms with Crippen molar-refractivity contribution in [2.24, 2.45) is 11.3 Å². The first-order valence-corrected chi connectivity index (χ1v) is 14.1. The van der Waals surface area contributed by atoms with Crippen LogP contribution in [0.15, 0.2) is 66.7 Å². The summed E-state index contributed by atoms with van der Waals surface area (Å²) < 4.78 is 11.8. The van der Waals surface area contributed by atoms with Gasteiger partial charge in [-0.3, -0.25) is 4.79 Å². The third-order valence-corrected chi connectivity index (χ3v) is 8.93. The van der Waals surface area contributed by atoms with Gasteiger partial charge in [-0.05, 0) is 101 Å². The van der Waals surface area contributed by atoms with Crippen LogP contribution in [0.1, 0.15) is 87.3 Å². The summed E-state index contributed by atoms with van der Waals surface area (Å²) in [5, 5.41) is 9.48. The molecule has 2 fully saturated rings. The van der Waals surface area contributed by atoms with E-state index in [-0.39, 0.29) is 17.8 Å². The Labute approximate surface area is 227 Å². The lowest BCUT2D eigenvalue weighted by molar-refractivity contribution is -0.138. The first-order valence-electron chi connectivity index (χ1n) is 14.1. The lowest BCUT2D eigenvalue weighted by Gasteiger charge is -2.33. The molecule has 2 aliphatic carbocycles. The maximum absolute atomic E-state index is 11.5. The van der Waals surface area contributed by atoms with Crippen LogP contribution < -0.4 is 9.47 Å². The summed E-state index contributed by atoms with van der Waals surface area (Å²) in [6.07, 6.45) is 7.29. The zero-order valence-electron chi connectivity index (χ0n) is 22.9. The van der Waals surface area contributed by atoms with Gasteiger partial charge in [0.25, 0.3) is 0 Å². The van der Waals surface area contributed by atoms with Gasteiger partial charge < -0.3 is 14.6 Å². The fraction of sp³-hybridized carbons (Fsp3) is 0.441. The van der Waals surface area contributed by atoms with E-state index in [9.17, 15) is 9.90 Å². The van der Waals surface area contributed by atoms with Gasteiger partial charge in [-0.25, -0.2) is 0 Å². The standard InChI is InChI=1S/C34H40O4/c1-34(2)17-7-14-32(34)31-18-23(15-16-29(31)25-10-5-12-27(19-25)37-3)22-38-28-13-6-11-26(20-28)30(21-33(35)36)24-8-4-9-24/h5-6,10-13,15-16,18-20,24,30,32H,4,7-9,14,17,21-22H2,1-3H3,(H,35,36)/t30-,32+/m1/s1. The highest BCUT2D eigenvalue weighted by atomic mass is 16.5. The summed E-state index contributed by atoms with van der Waals surface area (Å²) in [5.74, 6) is 1.95. The van der Waals surface area contributed by atoms with Gasteiger partial charge in [0, 0.05) is 0 Å². The van der Waals surface area contributed by atoms with Crippen LogP contribution in [0.4, 0.5) is 0 Å². The first kappa shape index (κ1) is 26.3. The lowest BCUT2D eigenvalue weighted by Crippen LogP contribution is -2.22. The van der Waals surface area contributed by atoms with Gasteiger partial charge in [0.15, 0.2) is 0 Å². The summed E-state index contributed by atoms with van der Waals surface area (Å²) in [6, 6.07) is 23.2. The van der Waals surface area contributed by atoms with Gasteiger partial charge in [0.05, 0.1) is 13.5 Å². The smallest absolute Gasteiger partial charge is 0.303 e. The molecular formula is C34H40O4. The maximum atomic E-state index is 11.5. The number of hydrogen-bond acceptors (Lipinski definition) is 3. The van der Waals surface area contributed by atoms with Gasteiger partial charge in [-0.15, -0.1) is 0 Å². The third kappa shape index (κ3) is 5.75. The van der Waals surface area contributed by atoms with E-state index in [1.165, 1.54) is 42.4 Å². The summed E-state index contributed by atoms with van der Waals surface area (Å²) in [5.41, 5.74) is 6.33. The molecule has 200 valence electrons. The SMILES string of the molecule is COc1cccc(-c2ccc(COc3cccc([C@H](CC(=O)O)C4CCC4)c3)cc2[C@@H]2CCCC2(C)C)c1. The van der Waals surface area contributed by atoms with Crippen LogP contribution in [0.25, 0.3) is 11.1 Å². The van der Waals surface area contributed by atoms with Crippen LogP contribution in [0, 0.1) is 11.3 Å². The number of carboxylic acids is 1. The Balaban J connectivity index is 1.40. The summed E-state index contributed by atoms with van der Waals surface area (Å²) in [6.45, 7) is 5.27. The molecule has 0 unspecified atom stereocenters. The molecule has 0 aromatic heterocycles. The van der Waals surface area contributed by atoms with Crippen molar-refractivity contribution in [1.29, 1.82) is 0 Å². The predicted octanol–water partition coefficient (Wildman–Crippen LogP) is 8.59. The normalized spacial score (nSPS) is 19.5. The molecule has 0 saturated heterocycles. The van der Waals surface area contributed by atoms with E-state index in [0.717, 1.165) is 35.5 Å². The lowest BCUT2D eigenvalue weighted by atomic mass is 9.72. The minimum Gasteiger partial charge on any atom is -0.497 e. The van der Waals surface area contributed by atoms with Crippen molar-refractivity contribution < 1.29 is 19.4 Å². The highest BCUT2D eigenvalue weighted by Crippen LogP contribution is 2.51. The molecule has 0 radical (unpaired) electrons. The van der Waals surface area contributed by atoms with Crippen LogP contribution in [-0.2, 0) is 11.4 Å². The van der Waals surface area contributed by atoms with Crippen molar-refractivity contribution in [2.45, 2.75) is 77.2 Å². The quantitative estimate of drug-likeness (QED) is 0.295. The number of benzene rings is 3. The number of carboxylic acid groups (broad SMARTS) is 1. The molecular weight excluding hydrogens is 472 g/mol. The number of ether oxygens (including phenoxy) is 2. The molecule has 0 bridgehead atoms. The number of hydrogen-bond donors (Lipinski definition) is 1. The molecule has 0 spiro atoms. The second-order valence-electron chi connectivity index (χ2n) is 11.8. The topological polar surface area (TPSA) is 55.8 Å². The molecule has 0 aliphatic heterocycles. The Morgan fingerprint density at radius 2 is 1.76 bits per heavy atom. The molecule has 3 aromatic rings. The molecule has 2 saturated carbocycles. The number of rotatable bonds is 10. The second-order valence-corrected chi connectivity index (χ2v) is 11.8. The Kier molecular flexibility index (Phi) is 7.78. The van der Waals surface area contributed by atoms with Gasteiger partial charge in [0.1, 0.15) is 18.1 Å². The van der Waals surface area contributed by atoms with Crippen molar-refractivity contribution in [3.05, 3.63) is 83.4 Å². The zero-order chi connectivity index (χ0) is 26.7. The largest absolute Gasteiger partial charge is 0.497 e. The molecule has 5 rings (SSSR count). The second kappa shape index (κ2) is 11.2. The molecule has 0 amide bonds. The van der Waals surface area contributed by atoms with Crippen molar-refractivity contribution in [3.63, 3.8) is 0 Å². The minimum absolute atomic E-state index is 0.0585. The Morgan fingerprint density at radius 1 is 0.974 bits per heavy atom. The fourth-order valence-electron chi connectivity index (χ4n) is 6.54. The Morgan fingerprint density at radius 3 is 2.45 bits per heavy atom. The molecule has 4 nitrogen and oxygen atoms in total. The zero-order valence-corrected chi connectivity index (χ0v) is 22.9. The number of methoxy groups -OCH3 is 1. The van der Waals surface area contributed by atoms with E-state index in [1.807, 2.05) is 18.2 Å². The van der Waals surface area contributed by atoms with Crippen molar-refractivity contribution >= 4 is 5.97 Å². The number of aliphatic carboxylic acids is 1. The summed E-state index contributed by atoms with van der Waals surface area (Å²) in [7, 11) is 1.71. The summed E-state index contributed by atoms with van der Waals surface area (Å²) >= 11 is 0. The van der Waals surface area contributed by atoms with Crippen LogP contribution >= 0.6 is 0 Å².